The van der Waals surface area contributed by atoms with Gasteiger partial charge in [-0.2, -0.15) is 0 Å². The van der Waals surface area contributed by atoms with Crippen molar-refractivity contribution in [2.24, 2.45) is 0 Å². The summed E-state index contributed by atoms with van der Waals surface area (Å²) < 4.78 is 0. The molecule has 1 fully saturated rings. The number of nitrogens with zero attached hydrogens (tertiary/aromatic N) is 1. The van der Waals surface area contributed by atoms with Crippen molar-refractivity contribution in [2.45, 2.75) is 82.0 Å². The SMILES string of the molecule is CC1(C)c2cc(N(c3ccc(C4CCCCC4)cc3)c3ccc4c(c3)C(c3ccccc3)(c3ccccc3)c3ccccc3-4)ccc2-c2c(-c3cccc4c3C(C)(C)c3ccccc3-4)cccc21. The minimum absolute atomic E-state index is 0.116. The summed E-state index contributed by atoms with van der Waals surface area (Å²) in [6.45, 7) is 9.69. The summed E-state index contributed by atoms with van der Waals surface area (Å²) >= 11 is 0. The van der Waals surface area contributed by atoms with Crippen molar-refractivity contribution in [2.75, 3.05) is 4.90 Å². The molecule has 0 saturated heterocycles. The lowest BCUT2D eigenvalue weighted by molar-refractivity contribution is 0.443. The zero-order valence-electron chi connectivity index (χ0n) is 39.7. The van der Waals surface area contributed by atoms with Crippen LogP contribution in [0, 0.1) is 0 Å². The molecule has 0 atom stereocenters. The lowest BCUT2D eigenvalue weighted by Gasteiger charge is -2.35. The van der Waals surface area contributed by atoms with E-state index in [1.807, 2.05) is 0 Å². The van der Waals surface area contributed by atoms with Gasteiger partial charge in [-0.15, -0.1) is 0 Å². The van der Waals surface area contributed by atoms with Crippen molar-refractivity contribution in [1.82, 2.24) is 0 Å². The average molecular weight is 876 g/mol. The van der Waals surface area contributed by atoms with Crippen LogP contribution >= 0.6 is 0 Å². The molecule has 9 aromatic rings. The maximum Gasteiger partial charge on any atom is 0.0714 e. The lowest BCUT2D eigenvalue weighted by Crippen LogP contribution is -2.28. The van der Waals surface area contributed by atoms with Gasteiger partial charge in [0.15, 0.2) is 0 Å². The molecule has 0 spiro atoms. The van der Waals surface area contributed by atoms with Gasteiger partial charge in [0.1, 0.15) is 0 Å². The second kappa shape index (κ2) is 15.4. The number of hydrogen-bond acceptors (Lipinski definition) is 1. The van der Waals surface area contributed by atoms with Crippen molar-refractivity contribution in [3.8, 4) is 44.5 Å². The van der Waals surface area contributed by atoms with Crippen LogP contribution in [0.1, 0.15) is 116 Å². The van der Waals surface area contributed by atoms with Gasteiger partial charge in [-0.25, -0.2) is 0 Å². The highest BCUT2D eigenvalue weighted by Crippen LogP contribution is 2.60. The first-order valence-corrected chi connectivity index (χ1v) is 25.0. The molecule has 0 N–H and O–H groups in total. The number of benzene rings is 9. The normalized spacial score (nSPS) is 16.5. The van der Waals surface area contributed by atoms with E-state index in [1.54, 1.807) is 0 Å². The molecule has 68 heavy (non-hydrogen) atoms. The predicted molar refractivity (Wildman–Crippen MR) is 285 cm³/mol. The molecule has 1 heteroatoms. The molecular formula is C67H57N. The molecule has 0 aromatic heterocycles. The van der Waals surface area contributed by atoms with Crippen LogP contribution < -0.4 is 4.90 Å². The Morgan fingerprint density at radius 3 is 1.51 bits per heavy atom. The van der Waals surface area contributed by atoms with Crippen LogP contribution in [0.4, 0.5) is 17.1 Å². The van der Waals surface area contributed by atoms with E-state index in [-0.39, 0.29) is 10.8 Å². The van der Waals surface area contributed by atoms with Gasteiger partial charge in [-0.1, -0.05) is 217 Å². The van der Waals surface area contributed by atoms with E-state index in [9.17, 15) is 0 Å². The second-order valence-corrected chi connectivity index (χ2v) is 21.0. The molecule has 0 aliphatic heterocycles. The Morgan fingerprint density at radius 2 is 0.838 bits per heavy atom. The fourth-order valence-electron chi connectivity index (χ4n) is 13.6. The van der Waals surface area contributed by atoms with Gasteiger partial charge < -0.3 is 4.90 Å². The number of rotatable bonds is 7. The summed E-state index contributed by atoms with van der Waals surface area (Å²) in [7, 11) is 0. The summed E-state index contributed by atoms with van der Waals surface area (Å²) in [6.07, 6.45) is 6.59. The van der Waals surface area contributed by atoms with Crippen LogP contribution in [0.3, 0.4) is 0 Å². The number of hydrogen-bond donors (Lipinski definition) is 0. The lowest BCUT2D eigenvalue weighted by atomic mass is 9.67. The molecule has 1 nitrogen and oxygen atoms in total. The van der Waals surface area contributed by atoms with Crippen molar-refractivity contribution < 1.29 is 0 Å². The first-order valence-electron chi connectivity index (χ1n) is 25.0. The van der Waals surface area contributed by atoms with E-state index in [1.165, 1.54) is 138 Å². The van der Waals surface area contributed by atoms with Crippen molar-refractivity contribution in [1.29, 1.82) is 0 Å². The third-order valence-electron chi connectivity index (χ3n) is 16.7. The Bertz CT molecular complexity index is 3380. The summed E-state index contributed by atoms with van der Waals surface area (Å²) in [5.74, 6) is 0.640. The third kappa shape index (κ3) is 5.87. The van der Waals surface area contributed by atoms with Gasteiger partial charge in [0.25, 0.3) is 0 Å². The smallest absolute Gasteiger partial charge is 0.0714 e. The van der Waals surface area contributed by atoms with Crippen LogP contribution in [0.5, 0.6) is 0 Å². The molecule has 0 unspecified atom stereocenters. The third-order valence-corrected chi connectivity index (χ3v) is 16.7. The average Bonchev–Trinajstić information content (AvgIpc) is 3.92. The van der Waals surface area contributed by atoms with Gasteiger partial charge in [-0.05, 0) is 150 Å². The highest BCUT2D eigenvalue weighted by atomic mass is 15.1. The van der Waals surface area contributed by atoms with Gasteiger partial charge >= 0.3 is 0 Å². The molecule has 0 radical (unpaired) electrons. The Labute approximate surface area is 402 Å². The first-order chi connectivity index (χ1) is 33.3. The molecule has 0 amide bonds. The summed E-state index contributed by atoms with van der Waals surface area (Å²) in [5.41, 5.74) is 25.6. The fraction of sp³-hybridized carbons (Fsp3) is 0.194. The van der Waals surface area contributed by atoms with Crippen LogP contribution in [-0.2, 0) is 16.2 Å². The molecule has 4 aliphatic carbocycles. The van der Waals surface area contributed by atoms with Gasteiger partial charge in [0.2, 0.25) is 0 Å². The van der Waals surface area contributed by atoms with Gasteiger partial charge in [0.05, 0.1) is 5.41 Å². The Balaban J connectivity index is 1.00. The Hall–Kier alpha value is -7.22. The van der Waals surface area contributed by atoms with Crippen LogP contribution in [0.25, 0.3) is 44.5 Å². The molecule has 1 saturated carbocycles. The fourth-order valence-corrected chi connectivity index (χ4v) is 13.6. The van der Waals surface area contributed by atoms with Crippen LogP contribution in [0.2, 0.25) is 0 Å². The monoisotopic (exact) mass is 875 g/mol. The van der Waals surface area contributed by atoms with Gasteiger partial charge in [0, 0.05) is 27.9 Å². The zero-order valence-corrected chi connectivity index (χ0v) is 39.7. The number of anilines is 3. The second-order valence-electron chi connectivity index (χ2n) is 21.0. The summed E-state index contributed by atoms with van der Waals surface area (Å²) in [6, 6.07) is 78.8. The minimum atomic E-state index is -0.494. The first kappa shape index (κ1) is 41.0. The van der Waals surface area contributed by atoms with Crippen molar-refractivity contribution >= 4 is 17.1 Å². The highest BCUT2D eigenvalue weighted by molar-refractivity contribution is 5.98. The molecule has 0 bridgehead atoms. The molecule has 13 rings (SSSR count). The van der Waals surface area contributed by atoms with E-state index in [0.717, 1.165) is 5.69 Å². The molecule has 4 aliphatic rings. The number of fused-ring (bicyclic) bond motifs is 9. The minimum Gasteiger partial charge on any atom is -0.310 e. The molecular weight excluding hydrogens is 819 g/mol. The van der Waals surface area contributed by atoms with E-state index in [4.69, 9.17) is 0 Å². The largest absolute Gasteiger partial charge is 0.310 e. The zero-order chi connectivity index (χ0) is 45.8. The van der Waals surface area contributed by atoms with E-state index < -0.39 is 5.41 Å². The van der Waals surface area contributed by atoms with Crippen LogP contribution in [0.15, 0.2) is 206 Å². The quantitative estimate of drug-likeness (QED) is 0.154. The van der Waals surface area contributed by atoms with Crippen LogP contribution in [-0.4, -0.2) is 0 Å². The highest BCUT2D eigenvalue weighted by Gasteiger charge is 2.47. The Kier molecular flexibility index (Phi) is 9.29. The molecule has 330 valence electrons. The standard InChI is InChI=1S/C67H57N/c1-65(2)60-33-19-28-54(56-30-18-29-55-52-27-14-16-31-58(52)66(3,4)64(55)56)63(60)57-41-39-49(42-61(57)65)68(48-36-34-45(35-37-48)44-20-8-5-9-21-44)50-38-40-53-51-26-15-17-32-59(51)67(62(53)43-50,46-22-10-6-11-23-46)47-24-12-7-13-25-47/h6-7,10-19,22-44H,5,8-9,20-21H2,1-4H3. The maximum atomic E-state index is 2.54. The van der Waals surface area contributed by atoms with E-state index in [2.05, 4.69) is 239 Å². The summed E-state index contributed by atoms with van der Waals surface area (Å²) in [4.78, 5) is 2.54. The van der Waals surface area contributed by atoms with Crippen molar-refractivity contribution in [3.05, 3.63) is 256 Å². The van der Waals surface area contributed by atoms with Gasteiger partial charge in [-0.3, -0.25) is 0 Å². The predicted octanol–water partition coefficient (Wildman–Crippen LogP) is 17.8. The maximum absolute atomic E-state index is 2.54. The van der Waals surface area contributed by atoms with E-state index >= 15 is 0 Å². The summed E-state index contributed by atoms with van der Waals surface area (Å²) in [5, 5.41) is 0. The van der Waals surface area contributed by atoms with E-state index in [0.29, 0.717) is 5.92 Å². The van der Waals surface area contributed by atoms with Crippen molar-refractivity contribution in [3.63, 3.8) is 0 Å². The topological polar surface area (TPSA) is 3.24 Å². The Morgan fingerprint density at radius 1 is 0.353 bits per heavy atom. The molecule has 0 heterocycles. The molecule has 9 aromatic carbocycles.